The van der Waals surface area contributed by atoms with Gasteiger partial charge < -0.3 is 20.4 Å². The number of benzene rings is 3. The van der Waals surface area contributed by atoms with Gasteiger partial charge in [0.25, 0.3) is 0 Å². The molecule has 3 aromatic carbocycles. The molecule has 1 saturated heterocycles. The smallest absolute Gasteiger partial charge is 0.116 e. The SMILES string of the molecule is OC1C(O)P(CCc2ccccc2)C(O)(CCc2ccccc2)C(O)P1CCc1ccccc1. The minimum atomic E-state index is -1.44. The molecule has 3 aromatic rings. The molecule has 1 aliphatic rings. The molecule has 0 amide bonds. The van der Waals surface area contributed by atoms with Crippen molar-refractivity contribution in [1.82, 2.24) is 0 Å². The minimum Gasteiger partial charge on any atom is -0.385 e. The average molecular weight is 497 g/mol. The highest BCUT2D eigenvalue weighted by atomic mass is 31.1. The molecule has 0 spiro atoms. The lowest BCUT2D eigenvalue weighted by molar-refractivity contribution is 0.00810. The largest absolute Gasteiger partial charge is 0.385 e. The predicted molar refractivity (Wildman–Crippen MR) is 142 cm³/mol. The molecule has 1 fully saturated rings. The van der Waals surface area contributed by atoms with Crippen molar-refractivity contribution in [1.29, 1.82) is 0 Å². The van der Waals surface area contributed by atoms with Crippen LogP contribution < -0.4 is 0 Å². The van der Waals surface area contributed by atoms with Gasteiger partial charge in [-0.15, -0.1) is 0 Å². The highest BCUT2D eigenvalue weighted by Gasteiger charge is 2.56. The summed E-state index contributed by atoms with van der Waals surface area (Å²) in [5.74, 6) is -3.03. The lowest BCUT2D eigenvalue weighted by Crippen LogP contribution is -2.51. The summed E-state index contributed by atoms with van der Waals surface area (Å²) >= 11 is 0. The third-order valence-corrected chi connectivity index (χ3v) is 13.0. The summed E-state index contributed by atoms with van der Waals surface area (Å²) < 4.78 is 0. The fourth-order valence-electron chi connectivity index (χ4n) is 4.74. The Morgan fingerprint density at radius 3 is 1.53 bits per heavy atom. The number of hydrogen-bond donors (Lipinski definition) is 4. The molecule has 6 heteroatoms. The van der Waals surface area contributed by atoms with Crippen LogP contribution in [0.3, 0.4) is 0 Å². The van der Waals surface area contributed by atoms with Crippen LogP contribution in [-0.2, 0) is 19.3 Å². The van der Waals surface area contributed by atoms with E-state index >= 15 is 0 Å². The van der Waals surface area contributed by atoms with Crippen molar-refractivity contribution >= 4 is 15.8 Å². The van der Waals surface area contributed by atoms with E-state index in [4.69, 9.17) is 0 Å². The molecule has 6 atom stereocenters. The summed E-state index contributed by atoms with van der Waals surface area (Å²) in [6.07, 6.45) is 3.49. The maximum Gasteiger partial charge on any atom is 0.116 e. The molecule has 1 aliphatic heterocycles. The van der Waals surface area contributed by atoms with Crippen molar-refractivity contribution in [3.8, 4) is 0 Å². The molecule has 6 unspecified atom stereocenters. The molecule has 4 N–H and O–H groups in total. The van der Waals surface area contributed by atoms with Crippen LogP contribution in [0.1, 0.15) is 23.1 Å². The third-order valence-electron chi connectivity index (χ3n) is 6.76. The summed E-state index contributed by atoms with van der Waals surface area (Å²) in [7, 11) is -2.83. The maximum atomic E-state index is 12.0. The van der Waals surface area contributed by atoms with Crippen LogP contribution in [0.2, 0.25) is 0 Å². The quantitative estimate of drug-likeness (QED) is 0.323. The molecular weight excluding hydrogens is 462 g/mol. The minimum absolute atomic E-state index is 0.368. The Morgan fingerprint density at radius 2 is 1.03 bits per heavy atom. The summed E-state index contributed by atoms with van der Waals surface area (Å²) in [5.41, 5.74) is 3.35. The molecule has 0 aromatic heterocycles. The van der Waals surface area contributed by atoms with E-state index in [1.165, 1.54) is 0 Å². The van der Waals surface area contributed by atoms with E-state index in [2.05, 4.69) is 0 Å². The topological polar surface area (TPSA) is 80.9 Å². The van der Waals surface area contributed by atoms with Crippen molar-refractivity contribution in [3.05, 3.63) is 108 Å². The number of aliphatic hydroxyl groups is 4. The molecule has 4 rings (SSSR count). The Balaban J connectivity index is 1.55. The number of aliphatic hydroxyl groups excluding tert-OH is 3. The first-order chi connectivity index (χ1) is 16.5. The van der Waals surface area contributed by atoms with Gasteiger partial charge in [-0.1, -0.05) is 91.0 Å². The van der Waals surface area contributed by atoms with E-state index < -0.39 is 38.7 Å². The van der Waals surface area contributed by atoms with Crippen LogP contribution in [0.15, 0.2) is 91.0 Å². The molecule has 0 saturated carbocycles. The van der Waals surface area contributed by atoms with Gasteiger partial charge in [0.1, 0.15) is 22.9 Å². The van der Waals surface area contributed by atoms with E-state index in [0.29, 0.717) is 38.0 Å². The Bertz CT molecular complexity index is 1000. The maximum absolute atomic E-state index is 12.0. The lowest BCUT2D eigenvalue weighted by atomic mass is 10.1. The number of aryl methyl sites for hydroxylation is 3. The monoisotopic (exact) mass is 496 g/mol. The van der Waals surface area contributed by atoms with Crippen LogP contribution in [0.4, 0.5) is 0 Å². The third kappa shape index (κ3) is 5.94. The zero-order chi connectivity index (χ0) is 24.0. The van der Waals surface area contributed by atoms with E-state index in [9.17, 15) is 20.4 Å². The van der Waals surface area contributed by atoms with Gasteiger partial charge in [0, 0.05) is 0 Å². The molecule has 180 valence electrons. The van der Waals surface area contributed by atoms with Gasteiger partial charge in [-0.2, -0.15) is 0 Å². The van der Waals surface area contributed by atoms with Gasteiger partial charge in [-0.3, -0.25) is 0 Å². The van der Waals surface area contributed by atoms with Crippen molar-refractivity contribution in [2.45, 2.75) is 48.6 Å². The van der Waals surface area contributed by atoms with Crippen molar-refractivity contribution < 1.29 is 20.4 Å². The second-order valence-corrected chi connectivity index (χ2v) is 14.2. The van der Waals surface area contributed by atoms with Crippen molar-refractivity contribution in [2.24, 2.45) is 0 Å². The van der Waals surface area contributed by atoms with Crippen LogP contribution >= 0.6 is 15.8 Å². The van der Waals surface area contributed by atoms with Crippen LogP contribution in [0, 0.1) is 0 Å². The number of rotatable bonds is 9. The lowest BCUT2D eigenvalue weighted by Gasteiger charge is -2.52. The molecule has 0 aliphatic carbocycles. The highest BCUT2D eigenvalue weighted by Crippen LogP contribution is 2.70. The van der Waals surface area contributed by atoms with Crippen molar-refractivity contribution in [3.63, 3.8) is 0 Å². The second-order valence-electron chi connectivity index (χ2n) is 8.97. The van der Waals surface area contributed by atoms with Gasteiger partial charge in [0.2, 0.25) is 0 Å². The fraction of sp³-hybridized carbons (Fsp3) is 0.357. The molecule has 0 bridgehead atoms. The standard InChI is InChI=1S/C28H34O4P2/c29-25-26(30)34(21-18-24-14-8-3-9-15-24)28(32,19-16-22-10-4-1-5-11-22)27(31)33(25)20-17-23-12-6-2-7-13-23/h1-15,25-27,29-32H,16-21H2. The zero-order valence-electron chi connectivity index (χ0n) is 19.3. The van der Waals surface area contributed by atoms with Gasteiger partial charge in [0.15, 0.2) is 0 Å². The highest BCUT2D eigenvalue weighted by molar-refractivity contribution is 7.67. The normalized spacial score (nSPS) is 29.1. The molecule has 0 radical (unpaired) electrons. The van der Waals surface area contributed by atoms with Crippen molar-refractivity contribution in [2.75, 3.05) is 12.3 Å². The van der Waals surface area contributed by atoms with Gasteiger partial charge >= 0.3 is 0 Å². The summed E-state index contributed by atoms with van der Waals surface area (Å²) in [6.45, 7) is 0. The number of hydrogen-bond acceptors (Lipinski definition) is 4. The van der Waals surface area contributed by atoms with Gasteiger partial charge in [-0.25, -0.2) is 0 Å². The Hall–Kier alpha value is -1.64. The first-order valence-corrected chi connectivity index (χ1v) is 15.2. The average Bonchev–Trinajstić information content (AvgIpc) is 2.88. The summed E-state index contributed by atoms with van der Waals surface area (Å²) in [6, 6.07) is 29.9. The van der Waals surface area contributed by atoms with E-state index in [1.807, 2.05) is 91.0 Å². The molecule has 4 nitrogen and oxygen atoms in total. The van der Waals surface area contributed by atoms with E-state index in [1.54, 1.807) is 0 Å². The summed E-state index contributed by atoms with van der Waals surface area (Å²) in [5, 5.41) is 44.5. The Labute approximate surface area is 204 Å². The van der Waals surface area contributed by atoms with Crippen LogP contribution in [-0.4, -0.2) is 55.6 Å². The molecular formula is C28H34O4P2. The van der Waals surface area contributed by atoms with Crippen LogP contribution in [0.25, 0.3) is 0 Å². The fourth-order valence-corrected chi connectivity index (χ4v) is 11.6. The van der Waals surface area contributed by atoms with Gasteiger partial charge in [0.05, 0.1) is 0 Å². The zero-order valence-corrected chi connectivity index (χ0v) is 21.1. The molecule has 1 heterocycles. The predicted octanol–water partition coefficient (Wildman–Crippen LogP) is 4.73. The summed E-state index contributed by atoms with van der Waals surface area (Å²) in [4.78, 5) is 0. The second kappa shape index (κ2) is 11.9. The Morgan fingerprint density at radius 1 is 0.588 bits per heavy atom. The first-order valence-electron chi connectivity index (χ1n) is 11.9. The van der Waals surface area contributed by atoms with Gasteiger partial charge in [-0.05, 0) is 70.5 Å². The first kappa shape index (κ1) is 25.5. The van der Waals surface area contributed by atoms with E-state index in [-0.39, 0.29) is 0 Å². The van der Waals surface area contributed by atoms with E-state index in [0.717, 1.165) is 16.7 Å². The molecule has 34 heavy (non-hydrogen) atoms. The van der Waals surface area contributed by atoms with Crippen LogP contribution in [0.5, 0.6) is 0 Å². The Kier molecular flexibility index (Phi) is 8.88.